The first kappa shape index (κ1) is 33.1. The molecule has 32 heavy (non-hydrogen) atoms. The van der Waals surface area contributed by atoms with E-state index in [1.54, 1.807) is 0 Å². The third kappa shape index (κ3) is 22.2. The molecule has 0 saturated heterocycles. The minimum absolute atomic E-state index is 0.332. The van der Waals surface area contributed by atoms with Gasteiger partial charge in [-0.15, -0.1) is 0 Å². The van der Waals surface area contributed by atoms with Crippen LogP contribution in [0.1, 0.15) is 96.8 Å². The molecule has 0 aliphatic rings. The fourth-order valence-electron chi connectivity index (χ4n) is 3.02. The van der Waals surface area contributed by atoms with E-state index in [4.69, 9.17) is 35.7 Å². The van der Waals surface area contributed by atoms with Crippen molar-refractivity contribution < 1.29 is 40.5 Å². The molecule has 0 rings (SSSR count). The smallest absolute Gasteiger partial charge is 0.303 e. The maximum atomic E-state index is 10.3. The molecule has 0 radical (unpaired) electrons. The van der Waals surface area contributed by atoms with Gasteiger partial charge in [-0.25, -0.2) is 0 Å². The Morgan fingerprint density at radius 3 is 1.41 bits per heavy atom. The predicted octanol–water partition coefficient (Wildman–Crippen LogP) is 2.52. The van der Waals surface area contributed by atoms with Crippen LogP contribution in [0.4, 0.5) is 0 Å². The Bertz CT molecular complexity index is 416. The maximum absolute atomic E-state index is 10.3. The molecule has 192 valence electrons. The summed E-state index contributed by atoms with van der Waals surface area (Å²) in [5.41, 5.74) is 0. The number of unbranched alkanes of at least 4 members (excludes halogenated alkanes) is 11. The molecule has 0 amide bonds. The minimum atomic E-state index is -1.67. The average molecular weight is 465 g/mol. The number of allylic oxidation sites excluding steroid dienone is 2. The van der Waals surface area contributed by atoms with Gasteiger partial charge in [-0.05, 0) is 32.1 Å². The van der Waals surface area contributed by atoms with E-state index < -0.39 is 43.6 Å². The molecule has 7 N–H and O–H groups in total. The molecule has 0 aromatic heterocycles. The monoisotopic (exact) mass is 464 g/mol. The Balaban J connectivity index is 0. The van der Waals surface area contributed by atoms with Crippen LogP contribution < -0.4 is 0 Å². The summed E-state index contributed by atoms with van der Waals surface area (Å²) < 4.78 is 0. The number of hydrogen-bond acceptors (Lipinski definition) is 7. The first-order chi connectivity index (χ1) is 15.3. The van der Waals surface area contributed by atoms with Gasteiger partial charge in [0.15, 0.2) is 0 Å². The molecule has 8 nitrogen and oxygen atoms in total. The van der Waals surface area contributed by atoms with Crippen LogP contribution in [0.15, 0.2) is 12.2 Å². The molecule has 0 heterocycles. The third-order valence-corrected chi connectivity index (χ3v) is 5.16. The number of carboxylic acid groups (broad SMARTS) is 1. The fourth-order valence-corrected chi connectivity index (χ4v) is 3.02. The van der Waals surface area contributed by atoms with Crippen molar-refractivity contribution in [2.24, 2.45) is 0 Å². The van der Waals surface area contributed by atoms with E-state index >= 15 is 0 Å². The number of carboxylic acids is 1. The van der Waals surface area contributed by atoms with Crippen molar-refractivity contribution in [3.63, 3.8) is 0 Å². The zero-order valence-corrected chi connectivity index (χ0v) is 19.8. The summed E-state index contributed by atoms with van der Waals surface area (Å²) in [5, 5.41) is 60.7. The molecule has 0 bridgehead atoms. The normalized spacial score (nSPS) is 15.1. The number of aliphatic carboxylic acids is 1. The van der Waals surface area contributed by atoms with Gasteiger partial charge in [-0.3, -0.25) is 4.79 Å². The summed E-state index contributed by atoms with van der Waals surface area (Å²) in [6.07, 6.45) is 14.8. The second-order valence-electron chi connectivity index (χ2n) is 8.21. The van der Waals surface area contributed by atoms with E-state index in [2.05, 4.69) is 19.1 Å². The van der Waals surface area contributed by atoms with E-state index in [9.17, 15) is 4.79 Å². The van der Waals surface area contributed by atoms with Gasteiger partial charge in [0.25, 0.3) is 0 Å². The molecule has 0 aliphatic carbocycles. The van der Waals surface area contributed by atoms with Crippen molar-refractivity contribution in [3.8, 4) is 0 Å². The van der Waals surface area contributed by atoms with Gasteiger partial charge in [0.1, 0.15) is 24.4 Å². The summed E-state index contributed by atoms with van der Waals surface area (Å²) in [7, 11) is 0. The molecule has 0 saturated carbocycles. The lowest BCUT2D eigenvalue weighted by molar-refractivity contribution is -0.137. The highest BCUT2D eigenvalue weighted by molar-refractivity contribution is 5.66. The van der Waals surface area contributed by atoms with Gasteiger partial charge in [0.05, 0.1) is 13.2 Å². The van der Waals surface area contributed by atoms with E-state index in [1.165, 1.54) is 70.6 Å². The van der Waals surface area contributed by atoms with Gasteiger partial charge in [-0.1, -0.05) is 70.4 Å². The van der Waals surface area contributed by atoms with Crippen molar-refractivity contribution in [3.05, 3.63) is 12.2 Å². The summed E-state index contributed by atoms with van der Waals surface area (Å²) in [4.78, 5) is 10.3. The van der Waals surface area contributed by atoms with Gasteiger partial charge in [-0.2, -0.15) is 0 Å². The maximum Gasteiger partial charge on any atom is 0.303 e. The highest BCUT2D eigenvalue weighted by Gasteiger charge is 2.29. The second-order valence-corrected chi connectivity index (χ2v) is 8.21. The van der Waals surface area contributed by atoms with Crippen molar-refractivity contribution in [1.82, 2.24) is 0 Å². The summed E-state index contributed by atoms with van der Waals surface area (Å²) in [6, 6.07) is 0. The lowest BCUT2D eigenvalue weighted by atomic mass is 10.0. The van der Waals surface area contributed by atoms with Crippen molar-refractivity contribution >= 4 is 5.97 Å². The van der Waals surface area contributed by atoms with Gasteiger partial charge in [0.2, 0.25) is 0 Å². The van der Waals surface area contributed by atoms with E-state index in [0.717, 1.165) is 12.8 Å². The molecule has 0 fully saturated rings. The predicted molar refractivity (Wildman–Crippen MR) is 125 cm³/mol. The summed E-state index contributed by atoms with van der Waals surface area (Å²) in [5.74, 6) is -0.664. The summed E-state index contributed by atoms with van der Waals surface area (Å²) in [6.45, 7) is 0.807. The van der Waals surface area contributed by atoms with E-state index in [1.807, 2.05) is 0 Å². The molecular weight excluding hydrogens is 416 g/mol. The number of aliphatic hydroxyl groups excluding tert-OH is 6. The lowest BCUT2D eigenvalue weighted by Crippen LogP contribution is -2.46. The highest BCUT2D eigenvalue weighted by Crippen LogP contribution is 2.10. The van der Waals surface area contributed by atoms with Crippen LogP contribution in [0.5, 0.6) is 0 Å². The largest absolute Gasteiger partial charge is 0.481 e. The molecule has 0 aliphatic heterocycles. The van der Waals surface area contributed by atoms with Gasteiger partial charge >= 0.3 is 5.97 Å². The standard InChI is InChI=1S/C18H34O2.C6H14O6/c1-2-3-4-5-6-7-8-9-10-11-12-13-14-15-16-17-18(19)20;7-1-3(9)5(11)6(12)4(10)2-8/h9-10H,2-8,11-17H2,1H3,(H,19,20);3-12H,1-2H2/b10-9-;/t;3-,4+,5-,6-/m.1/s1. The topological polar surface area (TPSA) is 159 Å². The number of carbonyl (C=O) groups is 1. The molecule has 0 unspecified atom stereocenters. The van der Waals surface area contributed by atoms with Crippen LogP contribution >= 0.6 is 0 Å². The zero-order valence-electron chi connectivity index (χ0n) is 19.8. The van der Waals surface area contributed by atoms with Crippen LogP contribution in [-0.4, -0.2) is 79.3 Å². The number of aliphatic hydroxyl groups is 6. The number of hydrogen-bond donors (Lipinski definition) is 7. The summed E-state index contributed by atoms with van der Waals surface area (Å²) >= 11 is 0. The van der Waals surface area contributed by atoms with Crippen molar-refractivity contribution in [2.45, 2.75) is 121 Å². The Hall–Kier alpha value is -1.03. The molecule has 4 atom stereocenters. The van der Waals surface area contributed by atoms with Gasteiger partial charge in [0, 0.05) is 6.42 Å². The van der Waals surface area contributed by atoms with Crippen LogP contribution in [0.25, 0.3) is 0 Å². The van der Waals surface area contributed by atoms with Crippen LogP contribution in [0.2, 0.25) is 0 Å². The van der Waals surface area contributed by atoms with E-state index in [-0.39, 0.29) is 0 Å². The van der Waals surface area contributed by atoms with Crippen LogP contribution in [0.3, 0.4) is 0 Å². The quantitative estimate of drug-likeness (QED) is 0.107. The Morgan fingerprint density at radius 2 is 1.03 bits per heavy atom. The Labute approximate surface area is 193 Å². The lowest BCUT2D eigenvalue weighted by Gasteiger charge is -2.24. The van der Waals surface area contributed by atoms with Crippen molar-refractivity contribution in [1.29, 1.82) is 0 Å². The number of rotatable bonds is 20. The molecule has 0 aromatic rings. The third-order valence-electron chi connectivity index (χ3n) is 5.16. The fraction of sp³-hybridized carbons (Fsp3) is 0.875. The Morgan fingerprint density at radius 1 is 0.656 bits per heavy atom. The Kier molecular flexibility index (Phi) is 25.5. The SMILES string of the molecule is CCCCCCCC/C=C\CCCCCCCC(=O)O.OC[C@@H](O)[C@@H](O)[C@H](O)[C@@H](O)CO. The zero-order chi connectivity index (χ0) is 24.6. The minimum Gasteiger partial charge on any atom is -0.481 e. The molecule has 0 spiro atoms. The van der Waals surface area contributed by atoms with Crippen LogP contribution in [-0.2, 0) is 4.79 Å². The van der Waals surface area contributed by atoms with Crippen molar-refractivity contribution in [2.75, 3.05) is 13.2 Å². The van der Waals surface area contributed by atoms with E-state index in [0.29, 0.717) is 6.42 Å². The average Bonchev–Trinajstić information content (AvgIpc) is 2.79. The van der Waals surface area contributed by atoms with Crippen LogP contribution in [0, 0.1) is 0 Å². The molecular formula is C24H48O8. The molecule has 8 heteroatoms. The highest BCUT2D eigenvalue weighted by atomic mass is 16.4. The molecule has 0 aromatic carbocycles. The first-order valence-electron chi connectivity index (χ1n) is 12.1. The second kappa shape index (κ2) is 24.6. The van der Waals surface area contributed by atoms with Gasteiger partial charge < -0.3 is 35.7 Å². The first-order valence-corrected chi connectivity index (χ1v) is 12.1.